The van der Waals surface area contributed by atoms with Gasteiger partial charge >= 0.3 is 0 Å². The molecule has 1 N–H and O–H groups in total. The van der Waals surface area contributed by atoms with Crippen molar-refractivity contribution in [3.05, 3.63) is 87.8 Å². The Balaban J connectivity index is 1.33. The van der Waals surface area contributed by atoms with E-state index in [0.29, 0.717) is 18.8 Å². The van der Waals surface area contributed by atoms with Crippen LogP contribution in [0.3, 0.4) is 0 Å². The van der Waals surface area contributed by atoms with E-state index in [4.69, 9.17) is 0 Å². The number of rotatable bonds is 6. The first-order valence-electron chi connectivity index (χ1n) is 11.5. The maximum Gasteiger partial charge on any atom is 0.276 e. The molecule has 0 saturated carbocycles. The standard InChI is InChI=1S/C26H29N5O3/c1-19-8-9-21(18-20(19)2)27-26(34)23-10-11-25(33)31(28-23)13-12-24(32)30-16-14-29(15-17-30)22-6-4-3-5-7-22/h3-11,18H,12-17H2,1-2H3,(H,27,34). The van der Waals surface area contributed by atoms with E-state index >= 15 is 0 Å². The molecule has 176 valence electrons. The first-order chi connectivity index (χ1) is 16.4. The molecule has 0 aliphatic carbocycles. The first kappa shape index (κ1) is 23.2. The molecule has 0 unspecified atom stereocenters. The molecule has 0 bridgehead atoms. The molecule has 8 nitrogen and oxygen atoms in total. The maximum absolute atomic E-state index is 12.7. The van der Waals surface area contributed by atoms with E-state index in [9.17, 15) is 14.4 Å². The number of aromatic nitrogens is 2. The molecule has 1 fully saturated rings. The predicted molar refractivity (Wildman–Crippen MR) is 132 cm³/mol. The van der Waals surface area contributed by atoms with Gasteiger partial charge in [0.1, 0.15) is 5.69 Å². The fraction of sp³-hybridized carbons (Fsp3) is 0.308. The average Bonchev–Trinajstić information content (AvgIpc) is 2.86. The van der Waals surface area contributed by atoms with E-state index in [2.05, 4.69) is 27.4 Å². The van der Waals surface area contributed by atoms with Crippen LogP contribution in [0, 0.1) is 13.8 Å². The number of anilines is 2. The zero-order valence-electron chi connectivity index (χ0n) is 19.5. The van der Waals surface area contributed by atoms with Gasteiger partial charge in [-0.2, -0.15) is 5.10 Å². The van der Waals surface area contributed by atoms with E-state index in [1.54, 1.807) is 0 Å². The largest absolute Gasteiger partial charge is 0.368 e. The summed E-state index contributed by atoms with van der Waals surface area (Å²) in [6.45, 7) is 6.90. The molecule has 1 aliphatic rings. The van der Waals surface area contributed by atoms with Crippen LogP contribution in [0.1, 0.15) is 28.0 Å². The van der Waals surface area contributed by atoms with Crippen LogP contribution in [-0.2, 0) is 11.3 Å². The van der Waals surface area contributed by atoms with E-state index in [1.165, 1.54) is 16.8 Å². The number of piperazine rings is 1. The van der Waals surface area contributed by atoms with Crippen molar-refractivity contribution < 1.29 is 9.59 Å². The smallest absolute Gasteiger partial charge is 0.276 e. The second-order valence-electron chi connectivity index (χ2n) is 8.49. The molecule has 0 spiro atoms. The van der Waals surface area contributed by atoms with Gasteiger partial charge in [0.15, 0.2) is 0 Å². The Morgan fingerprint density at radius 2 is 1.65 bits per heavy atom. The number of benzene rings is 2. The molecule has 3 aromatic rings. The Morgan fingerprint density at radius 3 is 2.35 bits per heavy atom. The quantitative estimate of drug-likeness (QED) is 0.613. The number of carbonyl (C=O) groups is 2. The van der Waals surface area contributed by atoms with Crippen LogP contribution in [0.15, 0.2) is 65.5 Å². The van der Waals surface area contributed by atoms with Crippen LogP contribution >= 0.6 is 0 Å². The second-order valence-corrected chi connectivity index (χ2v) is 8.49. The minimum atomic E-state index is -0.402. The van der Waals surface area contributed by atoms with Crippen LogP contribution < -0.4 is 15.8 Å². The van der Waals surface area contributed by atoms with Crippen molar-refractivity contribution in [2.75, 3.05) is 36.4 Å². The maximum atomic E-state index is 12.7. The molecule has 1 aliphatic heterocycles. The van der Waals surface area contributed by atoms with E-state index in [1.807, 2.05) is 55.1 Å². The SMILES string of the molecule is Cc1ccc(NC(=O)c2ccc(=O)n(CCC(=O)N3CCN(c4ccccc4)CC3)n2)cc1C. The Bertz CT molecular complexity index is 1230. The molecule has 0 radical (unpaired) electrons. The number of hydrogen-bond donors (Lipinski definition) is 1. The third kappa shape index (κ3) is 5.51. The summed E-state index contributed by atoms with van der Waals surface area (Å²) in [7, 11) is 0. The fourth-order valence-electron chi connectivity index (χ4n) is 3.96. The highest BCUT2D eigenvalue weighted by atomic mass is 16.2. The number of aryl methyl sites for hydroxylation is 3. The van der Waals surface area contributed by atoms with Crippen LogP contribution in [0.4, 0.5) is 11.4 Å². The summed E-state index contributed by atoms with van der Waals surface area (Å²) in [6, 6.07) is 18.5. The van der Waals surface area contributed by atoms with E-state index in [-0.39, 0.29) is 30.1 Å². The van der Waals surface area contributed by atoms with E-state index < -0.39 is 5.91 Å². The Labute approximate surface area is 198 Å². The summed E-state index contributed by atoms with van der Waals surface area (Å²) < 4.78 is 1.19. The summed E-state index contributed by atoms with van der Waals surface area (Å²) in [5, 5.41) is 7.00. The molecule has 2 aromatic carbocycles. The van der Waals surface area contributed by atoms with Gasteiger partial charge in [-0.25, -0.2) is 4.68 Å². The summed E-state index contributed by atoms with van der Waals surface area (Å²) in [5.41, 5.74) is 3.81. The number of hydrogen-bond acceptors (Lipinski definition) is 5. The number of nitrogens with zero attached hydrogens (tertiary/aromatic N) is 4. The number of para-hydroxylation sites is 1. The minimum absolute atomic E-state index is 0.0219. The van der Waals surface area contributed by atoms with Crippen molar-refractivity contribution in [1.29, 1.82) is 0 Å². The summed E-state index contributed by atoms with van der Waals surface area (Å²) in [5.74, 6) is -0.424. The molecule has 4 rings (SSSR count). The average molecular weight is 460 g/mol. The highest BCUT2D eigenvalue weighted by Gasteiger charge is 2.21. The van der Waals surface area contributed by atoms with Gasteiger partial charge in [-0.05, 0) is 55.3 Å². The minimum Gasteiger partial charge on any atom is -0.368 e. The van der Waals surface area contributed by atoms with Crippen molar-refractivity contribution in [2.45, 2.75) is 26.8 Å². The molecule has 1 saturated heterocycles. The first-order valence-corrected chi connectivity index (χ1v) is 11.5. The van der Waals surface area contributed by atoms with Crippen LogP contribution in [0.5, 0.6) is 0 Å². The second kappa shape index (κ2) is 10.3. The zero-order chi connectivity index (χ0) is 24.1. The van der Waals surface area contributed by atoms with Gasteiger partial charge in [0, 0.05) is 50.0 Å². The lowest BCUT2D eigenvalue weighted by Crippen LogP contribution is -2.49. The Hall–Kier alpha value is -3.94. The highest BCUT2D eigenvalue weighted by Crippen LogP contribution is 2.16. The van der Waals surface area contributed by atoms with E-state index in [0.717, 1.165) is 29.9 Å². The van der Waals surface area contributed by atoms with Crippen LogP contribution in [0.25, 0.3) is 0 Å². The number of nitrogens with one attached hydrogen (secondary N) is 1. The molecular weight excluding hydrogens is 430 g/mol. The third-order valence-electron chi connectivity index (χ3n) is 6.16. The van der Waals surface area contributed by atoms with Gasteiger partial charge in [-0.15, -0.1) is 0 Å². The summed E-state index contributed by atoms with van der Waals surface area (Å²) in [4.78, 5) is 41.7. The molecule has 0 atom stereocenters. The molecular formula is C26H29N5O3. The molecule has 34 heavy (non-hydrogen) atoms. The van der Waals surface area contributed by atoms with Crippen molar-refractivity contribution in [2.24, 2.45) is 0 Å². The van der Waals surface area contributed by atoms with Crippen LogP contribution in [-0.4, -0.2) is 52.7 Å². The van der Waals surface area contributed by atoms with Gasteiger partial charge in [0.2, 0.25) is 5.91 Å². The third-order valence-corrected chi connectivity index (χ3v) is 6.16. The van der Waals surface area contributed by atoms with Crippen molar-refractivity contribution in [1.82, 2.24) is 14.7 Å². The number of carbonyl (C=O) groups excluding carboxylic acids is 2. The zero-order valence-corrected chi connectivity index (χ0v) is 19.5. The summed E-state index contributed by atoms with van der Waals surface area (Å²) in [6.07, 6.45) is 0.153. The van der Waals surface area contributed by atoms with Gasteiger partial charge in [-0.1, -0.05) is 24.3 Å². The molecule has 8 heteroatoms. The van der Waals surface area contributed by atoms with Crippen molar-refractivity contribution >= 4 is 23.2 Å². The van der Waals surface area contributed by atoms with Crippen molar-refractivity contribution in [3.8, 4) is 0 Å². The lowest BCUT2D eigenvalue weighted by Gasteiger charge is -2.36. The van der Waals surface area contributed by atoms with Gasteiger partial charge < -0.3 is 15.1 Å². The van der Waals surface area contributed by atoms with Gasteiger partial charge in [0.25, 0.3) is 11.5 Å². The Kier molecular flexibility index (Phi) is 7.06. The highest BCUT2D eigenvalue weighted by molar-refractivity contribution is 6.02. The molecule has 1 aromatic heterocycles. The fourth-order valence-corrected chi connectivity index (χ4v) is 3.96. The molecule has 2 amide bonds. The van der Waals surface area contributed by atoms with Crippen LogP contribution in [0.2, 0.25) is 0 Å². The van der Waals surface area contributed by atoms with Gasteiger partial charge in [0.05, 0.1) is 6.54 Å². The lowest BCUT2D eigenvalue weighted by molar-refractivity contribution is -0.131. The molecule has 2 heterocycles. The monoisotopic (exact) mass is 459 g/mol. The Morgan fingerprint density at radius 1 is 0.912 bits per heavy atom. The lowest BCUT2D eigenvalue weighted by atomic mass is 10.1. The topological polar surface area (TPSA) is 87.5 Å². The summed E-state index contributed by atoms with van der Waals surface area (Å²) >= 11 is 0. The van der Waals surface area contributed by atoms with Crippen molar-refractivity contribution in [3.63, 3.8) is 0 Å². The normalized spacial score (nSPS) is 13.6. The predicted octanol–water partition coefficient (Wildman–Crippen LogP) is 2.85. The number of amides is 2. The van der Waals surface area contributed by atoms with Gasteiger partial charge in [-0.3, -0.25) is 14.4 Å².